The highest BCUT2D eigenvalue weighted by molar-refractivity contribution is 5.69. The summed E-state index contributed by atoms with van der Waals surface area (Å²) in [7, 11) is 0. The Morgan fingerprint density at radius 1 is 1.62 bits per heavy atom. The maximum atomic E-state index is 11.4. The van der Waals surface area contributed by atoms with Crippen molar-refractivity contribution in [2.45, 2.75) is 32.9 Å². The topological polar surface area (TPSA) is 87.3 Å². The Kier molecular flexibility index (Phi) is 3.26. The third-order valence-corrected chi connectivity index (χ3v) is 1.54. The lowest BCUT2D eigenvalue weighted by atomic mass is 10.2. The van der Waals surface area contributed by atoms with Crippen molar-refractivity contribution in [2.24, 2.45) is 0 Å². The van der Waals surface area contributed by atoms with Gasteiger partial charge in [0.15, 0.2) is 0 Å². The van der Waals surface area contributed by atoms with Crippen LogP contribution in [0, 0.1) is 10.1 Å². The molecule has 0 spiro atoms. The summed E-state index contributed by atoms with van der Waals surface area (Å²) in [5.74, 6) is -0.481. The van der Waals surface area contributed by atoms with E-state index in [2.05, 4.69) is 5.10 Å². The van der Waals surface area contributed by atoms with Crippen LogP contribution < -0.4 is 0 Å². The minimum atomic E-state index is -0.573. The van der Waals surface area contributed by atoms with Gasteiger partial charge < -0.3 is 4.74 Å². The zero-order chi connectivity index (χ0) is 12.3. The summed E-state index contributed by atoms with van der Waals surface area (Å²) in [5, 5.41) is 14.0. The van der Waals surface area contributed by atoms with E-state index in [9.17, 15) is 14.9 Å². The highest BCUT2D eigenvalue weighted by Gasteiger charge is 2.17. The number of carbonyl (C=O) groups is 1. The Hall–Kier alpha value is -1.92. The average Bonchev–Trinajstić information content (AvgIpc) is 2.48. The molecule has 0 bridgehead atoms. The van der Waals surface area contributed by atoms with Gasteiger partial charge in [-0.3, -0.25) is 19.6 Å². The lowest BCUT2D eigenvalue weighted by Gasteiger charge is -2.19. The third kappa shape index (κ3) is 3.68. The van der Waals surface area contributed by atoms with Crippen LogP contribution in [0.25, 0.3) is 0 Å². The first-order valence-electron chi connectivity index (χ1n) is 4.66. The first-order chi connectivity index (χ1) is 7.28. The molecule has 0 aromatic carbocycles. The van der Waals surface area contributed by atoms with Crippen molar-refractivity contribution in [3.8, 4) is 0 Å². The van der Waals surface area contributed by atoms with E-state index in [1.807, 2.05) is 0 Å². The number of hydrogen-bond donors (Lipinski definition) is 0. The van der Waals surface area contributed by atoms with E-state index in [0.717, 1.165) is 6.20 Å². The van der Waals surface area contributed by atoms with Crippen LogP contribution in [0.1, 0.15) is 20.8 Å². The number of carbonyl (C=O) groups excluding carboxylic acids is 1. The number of esters is 1. The van der Waals surface area contributed by atoms with Gasteiger partial charge in [0.25, 0.3) is 0 Å². The second-order valence-corrected chi connectivity index (χ2v) is 4.24. The van der Waals surface area contributed by atoms with Crippen LogP contribution in [0.4, 0.5) is 5.69 Å². The second-order valence-electron chi connectivity index (χ2n) is 4.24. The molecule has 0 aliphatic carbocycles. The summed E-state index contributed by atoms with van der Waals surface area (Å²) >= 11 is 0. The fraction of sp³-hybridized carbons (Fsp3) is 0.556. The van der Waals surface area contributed by atoms with E-state index < -0.39 is 16.5 Å². The largest absolute Gasteiger partial charge is 0.459 e. The van der Waals surface area contributed by atoms with Gasteiger partial charge in [-0.15, -0.1) is 0 Å². The Labute approximate surface area is 92.2 Å². The van der Waals surface area contributed by atoms with Gasteiger partial charge in [0, 0.05) is 0 Å². The molecule has 1 aromatic heterocycles. The number of nitrogens with zero attached hydrogens (tertiary/aromatic N) is 3. The van der Waals surface area contributed by atoms with E-state index in [4.69, 9.17) is 4.74 Å². The van der Waals surface area contributed by atoms with Crippen molar-refractivity contribution in [2.75, 3.05) is 0 Å². The Bertz CT molecular complexity index is 405. The number of nitro groups is 1. The smallest absolute Gasteiger partial charge is 0.328 e. The molecule has 0 atom stereocenters. The molecule has 0 aliphatic rings. The van der Waals surface area contributed by atoms with Crippen molar-refractivity contribution < 1.29 is 14.5 Å². The van der Waals surface area contributed by atoms with E-state index in [-0.39, 0.29) is 12.2 Å². The van der Waals surface area contributed by atoms with Gasteiger partial charge in [-0.1, -0.05) is 0 Å². The number of rotatable bonds is 3. The predicted molar refractivity (Wildman–Crippen MR) is 54.7 cm³/mol. The fourth-order valence-corrected chi connectivity index (χ4v) is 1.04. The van der Waals surface area contributed by atoms with Gasteiger partial charge in [-0.25, -0.2) is 0 Å². The molecule has 0 fully saturated rings. The molecular weight excluding hydrogens is 214 g/mol. The minimum Gasteiger partial charge on any atom is -0.459 e. The van der Waals surface area contributed by atoms with Gasteiger partial charge >= 0.3 is 11.7 Å². The number of aromatic nitrogens is 2. The maximum absolute atomic E-state index is 11.4. The first kappa shape index (κ1) is 12.2. The molecule has 7 nitrogen and oxygen atoms in total. The van der Waals surface area contributed by atoms with Crippen molar-refractivity contribution in [1.82, 2.24) is 9.78 Å². The van der Waals surface area contributed by atoms with Crippen LogP contribution >= 0.6 is 0 Å². The SMILES string of the molecule is CC(C)(C)OC(=O)Cn1cc([N+](=O)[O-])cn1. The van der Waals surface area contributed by atoms with E-state index in [1.54, 1.807) is 20.8 Å². The quantitative estimate of drug-likeness (QED) is 0.439. The normalized spacial score (nSPS) is 11.2. The van der Waals surface area contributed by atoms with Crippen molar-refractivity contribution in [3.63, 3.8) is 0 Å². The Morgan fingerprint density at radius 2 is 2.25 bits per heavy atom. The zero-order valence-electron chi connectivity index (χ0n) is 9.34. The molecule has 0 unspecified atom stereocenters. The molecule has 1 aromatic rings. The number of hydrogen-bond acceptors (Lipinski definition) is 5. The molecule has 0 saturated heterocycles. The molecule has 0 aliphatic heterocycles. The van der Waals surface area contributed by atoms with Gasteiger partial charge in [0.05, 0.1) is 4.92 Å². The molecular formula is C9H13N3O4. The van der Waals surface area contributed by atoms with Crippen LogP contribution in [0.15, 0.2) is 12.4 Å². The maximum Gasteiger partial charge on any atom is 0.328 e. The molecule has 0 saturated carbocycles. The average molecular weight is 227 g/mol. The molecule has 7 heteroatoms. The first-order valence-corrected chi connectivity index (χ1v) is 4.66. The minimum absolute atomic E-state index is 0.134. The lowest BCUT2D eigenvalue weighted by Crippen LogP contribution is -2.26. The van der Waals surface area contributed by atoms with Gasteiger partial charge in [0.1, 0.15) is 24.5 Å². The molecule has 0 N–H and O–H groups in total. The third-order valence-electron chi connectivity index (χ3n) is 1.54. The van der Waals surface area contributed by atoms with Gasteiger partial charge in [0.2, 0.25) is 0 Å². The number of ether oxygens (including phenoxy) is 1. The highest BCUT2D eigenvalue weighted by Crippen LogP contribution is 2.10. The van der Waals surface area contributed by atoms with E-state index in [1.165, 1.54) is 10.9 Å². The summed E-state index contributed by atoms with van der Waals surface area (Å²) in [4.78, 5) is 21.1. The van der Waals surface area contributed by atoms with Crippen LogP contribution in [-0.4, -0.2) is 26.3 Å². The van der Waals surface area contributed by atoms with Crippen LogP contribution in [0.5, 0.6) is 0 Å². The molecule has 88 valence electrons. The summed E-state index contributed by atoms with van der Waals surface area (Å²) in [5.41, 5.74) is -0.723. The summed E-state index contributed by atoms with van der Waals surface area (Å²) < 4.78 is 6.21. The van der Waals surface area contributed by atoms with Gasteiger partial charge in [-0.05, 0) is 20.8 Å². The van der Waals surface area contributed by atoms with Crippen LogP contribution in [-0.2, 0) is 16.1 Å². The standard InChI is InChI=1S/C9H13N3O4/c1-9(2,3)16-8(13)6-11-5-7(4-10-11)12(14)15/h4-5H,6H2,1-3H3. The van der Waals surface area contributed by atoms with Crippen molar-refractivity contribution >= 4 is 11.7 Å². The van der Waals surface area contributed by atoms with E-state index in [0.29, 0.717) is 0 Å². The summed E-state index contributed by atoms with van der Waals surface area (Å²) in [6, 6.07) is 0. The Morgan fingerprint density at radius 3 is 2.69 bits per heavy atom. The lowest BCUT2D eigenvalue weighted by molar-refractivity contribution is -0.385. The van der Waals surface area contributed by atoms with Crippen LogP contribution in [0.3, 0.4) is 0 Å². The molecule has 16 heavy (non-hydrogen) atoms. The van der Waals surface area contributed by atoms with Crippen molar-refractivity contribution in [3.05, 3.63) is 22.5 Å². The van der Waals surface area contributed by atoms with Gasteiger partial charge in [-0.2, -0.15) is 5.10 Å². The summed E-state index contributed by atoms with van der Waals surface area (Å²) in [6.07, 6.45) is 2.27. The van der Waals surface area contributed by atoms with Crippen molar-refractivity contribution in [1.29, 1.82) is 0 Å². The monoisotopic (exact) mass is 227 g/mol. The molecule has 1 rings (SSSR count). The molecule has 0 amide bonds. The highest BCUT2D eigenvalue weighted by atomic mass is 16.6. The second kappa shape index (κ2) is 4.30. The molecule has 0 radical (unpaired) electrons. The predicted octanol–water partition coefficient (Wildman–Crippen LogP) is 1.13. The summed E-state index contributed by atoms with van der Waals surface area (Å²) in [6.45, 7) is 5.11. The van der Waals surface area contributed by atoms with Crippen LogP contribution in [0.2, 0.25) is 0 Å². The van der Waals surface area contributed by atoms with E-state index >= 15 is 0 Å². The Balaban J connectivity index is 2.60. The zero-order valence-corrected chi connectivity index (χ0v) is 9.34. The molecule has 1 heterocycles. The fourth-order valence-electron chi connectivity index (χ4n) is 1.04.